The molecule has 0 aliphatic rings. The minimum absolute atomic E-state index is 0.295. The molecule has 0 aliphatic heterocycles. The molecule has 9 heteroatoms. The number of hydrogen-bond donors (Lipinski definition) is 1. The van der Waals surface area contributed by atoms with Gasteiger partial charge >= 0.3 is 0 Å². The van der Waals surface area contributed by atoms with Crippen LogP contribution in [-0.2, 0) is 0 Å². The second kappa shape index (κ2) is 7.03. The Morgan fingerprint density at radius 1 is 1.12 bits per heavy atom. The number of benzene rings is 2. The van der Waals surface area contributed by atoms with Gasteiger partial charge in [-0.05, 0) is 28.6 Å². The van der Waals surface area contributed by atoms with E-state index in [9.17, 15) is 4.79 Å². The van der Waals surface area contributed by atoms with Crippen LogP contribution in [0.1, 0.15) is 10.4 Å². The van der Waals surface area contributed by atoms with E-state index in [1.54, 1.807) is 24.3 Å². The zero-order chi connectivity index (χ0) is 17.9. The normalized spacial score (nSPS) is 10.7. The van der Waals surface area contributed by atoms with Gasteiger partial charge in [-0.3, -0.25) is 10.1 Å². The van der Waals surface area contributed by atoms with Gasteiger partial charge in [0, 0.05) is 16.0 Å². The third-order valence-electron chi connectivity index (χ3n) is 3.62. The average molecular weight is 383 g/mol. The summed E-state index contributed by atoms with van der Waals surface area (Å²) in [7, 11) is 0. The Labute approximate surface area is 157 Å². The second-order valence-corrected chi connectivity index (χ2v) is 6.51. The van der Waals surface area contributed by atoms with E-state index in [-0.39, 0.29) is 5.91 Å². The Kier molecular flexibility index (Phi) is 4.42. The molecule has 4 rings (SSSR count). The summed E-state index contributed by atoms with van der Waals surface area (Å²) in [6, 6.07) is 14.5. The van der Waals surface area contributed by atoms with Crippen molar-refractivity contribution < 1.29 is 4.79 Å². The van der Waals surface area contributed by atoms with Crippen molar-refractivity contribution in [2.75, 3.05) is 5.32 Å². The zero-order valence-corrected chi connectivity index (χ0v) is 14.8. The minimum atomic E-state index is -0.295. The first-order chi connectivity index (χ1) is 12.7. The molecule has 0 unspecified atom stereocenters. The minimum Gasteiger partial charge on any atom is -0.298 e. The smallest absolute Gasteiger partial charge is 0.259 e. The van der Waals surface area contributed by atoms with Crippen LogP contribution < -0.4 is 5.32 Å². The molecule has 0 fully saturated rings. The van der Waals surface area contributed by atoms with Gasteiger partial charge in [-0.25, -0.2) is 4.98 Å². The number of aromatic nitrogens is 5. The molecule has 1 amide bonds. The number of hydrogen-bond acceptors (Lipinski definition) is 6. The molecule has 0 spiro atoms. The molecule has 0 bridgehead atoms. The van der Waals surface area contributed by atoms with Gasteiger partial charge in [0.1, 0.15) is 6.33 Å². The van der Waals surface area contributed by atoms with E-state index in [2.05, 4.69) is 25.8 Å². The quantitative estimate of drug-likeness (QED) is 0.581. The van der Waals surface area contributed by atoms with Crippen molar-refractivity contribution in [3.63, 3.8) is 0 Å². The van der Waals surface area contributed by atoms with E-state index in [1.807, 2.05) is 29.6 Å². The fourth-order valence-corrected chi connectivity index (χ4v) is 3.36. The SMILES string of the molecule is O=C(Nc1nc(-c2ccccc2Cl)cs1)c1ccccc1-n1cnnn1. The molecule has 0 aliphatic carbocycles. The molecule has 2 heterocycles. The monoisotopic (exact) mass is 382 g/mol. The highest BCUT2D eigenvalue weighted by molar-refractivity contribution is 7.14. The molecule has 0 atom stereocenters. The van der Waals surface area contributed by atoms with Crippen molar-refractivity contribution in [2.45, 2.75) is 0 Å². The average Bonchev–Trinajstić information content (AvgIpc) is 3.34. The first kappa shape index (κ1) is 16.4. The number of para-hydroxylation sites is 1. The number of amides is 1. The van der Waals surface area contributed by atoms with E-state index in [4.69, 9.17) is 11.6 Å². The van der Waals surface area contributed by atoms with Crippen LogP contribution in [-0.4, -0.2) is 31.1 Å². The number of carbonyl (C=O) groups is 1. The zero-order valence-electron chi connectivity index (χ0n) is 13.2. The van der Waals surface area contributed by atoms with Crippen molar-refractivity contribution in [3.8, 4) is 16.9 Å². The number of anilines is 1. The van der Waals surface area contributed by atoms with Gasteiger partial charge in [-0.15, -0.1) is 16.4 Å². The van der Waals surface area contributed by atoms with Crippen LogP contribution in [0.3, 0.4) is 0 Å². The van der Waals surface area contributed by atoms with Crippen LogP contribution in [0, 0.1) is 0 Å². The van der Waals surface area contributed by atoms with E-state index in [0.29, 0.717) is 27.1 Å². The third-order valence-corrected chi connectivity index (χ3v) is 4.71. The summed E-state index contributed by atoms with van der Waals surface area (Å²) in [5.74, 6) is -0.295. The van der Waals surface area contributed by atoms with Crippen LogP contribution in [0.4, 0.5) is 5.13 Å². The molecule has 0 radical (unpaired) electrons. The van der Waals surface area contributed by atoms with E-state index in [0.717, 1.165) is 5.56 Å². The Morgan fingerprint density at radius 2 is 1.92 bits per heavy atom. The lowest BCUT2D eigenvalue weighted by Crippen LogP contribution is -2.15. The van der Waals surface area contributed by atoms with Gasteiger partial charge in [0.05, 0.1) is 16.9 Å². The fraction of sp³-hybridized carbons (Fsp3) is 0. The summed E-state index contributed by atoms with van der Waals surface area (Å²) in [5, 5.41) is 16.8. The molecule has 26 heavy (non-hydrogen) atoms. The predicted octanol–water partition coefficient (Wildman–Crippen LogP) is 3.69. The van der Waals surface area contributed by atoms with Gasteiger partial charge in [0.25, 0.3) is 5.91 Å². The molecule has 2 aromatic carbocycles. The number of rotatable bonds is 4. The van der Waals surface area contributed by atoms with Crippen LogP contribution in [0.2, 0.25) is 5.02 Å². The van der Waals surface area contributed by atoms with Gasteiger partial charge in [0.15, 0.2) is 5.13 Å². The maximum atomic E-state index is 12.7. The summed E-state index contributed by atoms with van der Waals surface area (Å²) < 4.78 is 1.44. The Bertz CT molecular complexity index is 1060. The summed E-state index contributed by atoms with van der Waals surface area (Å²) in [6.45, 7) is 0. The maximum Gasteiger partial charge on any atom is 0.259 e. The summed E-state index contributed by atoms with van der Waals surface area (Å²) in [4.78, 5) is 17.1. The van der Waals surface area contributed by atoms with E-state index >= 15 is 0 Å². The highest BCUT2D eigenvalue weighted by Gasteiger charge is 2.15. The lowest BCUT2D eigenvalue weighted by molar-refractivity contribution is 0.102. The Hall–Kier alpha value is -3.10. The number of thiazole rings is 1. The summed E-state index contributed by atoms with van der Waals surface area (Å²) in [5.41, 5.74) is 2.55. The maximum absolute atomic E-state index is 12.7. The highest BCUT2D eigenvalue weighted by atomic mass is 35.5. The van der Waals surface area contributed by atoms with Crippen molar-refractivity contribution in [1.29, 1.82) is 0 Å². The van der Waals surface area contributed by atoms with E-state index < -0.39 is 0 Å². The number of carbonyl (C=O) groups excluding carboxylic acids is 1. The van der Waals surface area contributed by atoms with Crippen molar-refractivity contribution in [3.05, 3.63) is 70.8 Å². The molecule has 2 aromatic heterocycles. The fourth-order valence-electron chi connectivity index (χ4n) is 2.43. The van der Waals surface area contributed by atoms with Gasteiger partial charge in [-0.2, -0.15) is 4.68 Å². The second-order valence-electron chi connectivity index (χ2n) is 5.24. The number of nitrogens with one attached hydrogen (secondary N) is 1. The van der Waals surface area contributed by atoms with Crippen LogP contribution in [0.25, 0.3) is 16.9 Å². The van der Waals surface area contributed by atoms with Crippen molar-refractivity contribution >= 4 is 34.0 Å². The molecule has 7 nitrogen and oxygen atoms in total. The molecule has 128 valence electrons. The summed E-state index contributed by atoms with van der Waals surface area (Å²) in [6.07, 6.45) is 1.44. The van der Waals surface area contributed by atoms with Gasteiger partial charge in [0.2, 0.25) is 0 Å². The predicted molar refractivity (Wildman–Crippen MR) is 99.7 cm³/mol. The largest absolute Gasteiger partial charge is 0.298 e. The molecular weight excluding hydrogens is 372 g/mol. The first-order valence-electron chi connectivity index (χ1n) is 7.56. The number of tetrazole rings is 1. The van der Waals surface area contributed by atoms with Crippen LogP contribution in [0.5, 0.6) is 0 Å². The standard InChI is InChI=1S/C17H11ClN6OS/c18-13-7-3-1-5-11(13)14-9-26-17(20-14)21-16(25)12-6-2-4-8-15(12)24-10-19-22-23-24/h1-10H,(H,20,21,25). The van der Waals surface area contributed by atoms with Crippen LogP contribution in [0.15, 0.2) is 60.2 Å². The first-order valence-corrected chi connectivity index (χ1v) is 8.82. The van der Waals surface area contributed by atoms with Crippen molar-refractivity contribution in [2.24, 2.45) is 0 Å². The molecule has 1 N–H and O–H groups in total. The summed E-state index contributed by atoms with van der Waals surface area (Å²) >= 11 is 7.53. The topological polar surface area (TPSA) is 85.6 Å². The number of nitrogens with zero attached hydrogens (tertiary/aromatic N) is 5. The van der Waals surface area contributed by atoms with Gasteiger partial charge < -0.3 is 0 Å². The van der Waals surface area contributed by atoms with Crippen molar-refractivity contribution in [1.82, 2.24) is 25.2 Å². The molecular formula is C17H11ClN6OS. The van der Waals surface area contributed by atoms with Gasteiger partial charge in [-0.1, -0.05) is 41.9 Å². The Balaban J connectivity index is 1.60. The van der Waals surface area contributed by atoms with E-state index in [1.165, 1.54) is 22.3 Å². The van der Waals surface area contributed by atoms with Crippen LogP contribution >= 0.6 is 22.9 Å². The Morgan fingerprint density at radius 3 is 2.73 bits per heavy atom. The molecule has 0 saturated heterocycles. The molecule has 0 saturated carbocycles. The number of halogens is 1. The lowest BCUT2D eigenvalue weighted by Gasteiger charge is -2.07. The third kappa shape index (κ3) is 3.19. The lowest BCUT2D eigenvalue weighted by atomic mass is 10.1. The molecule has 4 aromatic rings. The highest BCUT2D eigenvalue weighted by Crippen LogP contribution is 2.30.